The van der Waals surface area contributed by atoms with Gasteiger partial charge in [-0.1, -0.05) is 43.2 Å². The number of aliphatic hydroxyl groups is 1. The molecule has 2 aromatic carbocycles. The number of ether oxygens (including phenoxy) is 1. The lowest BCUT2D eigenvalue weighted by Crippen LogP contribution is -2.39. The van der Waals surface area contributed by atoms with E-state index in [1.165, 1.54) is 19.1 Å². The second kappa shape index (κ2) is 12.1. The highest BCUT2D eigenvalue weighted by Gasteiger charge is 2.30. The fourth-order valence-corrected chi connectivity index (χ4v) is 7.17. The van der Waals surface area contributed by atoms with Crippen LogP contribution in [0, 0.1) is 6.92 Å². The molecule has 41 heavy (non-hydrogen) atoms. The van der Waals surface area contributed by atoms with Gasteiger partial charge in [0.15, 0.2) is 11.3 Å². The number of benzene rings is 2. The Morgan fingerprint density at radius 1 is 1.17 bits per heavy atom. The smallest absolute Gasteiger partial charge is 0.277 e. The topological polar surface area (TPSA) is 130 Å². The number of aliphatic hydroxyl groups excluding tert-OH is 1. The maximum absolute atomic E-state index is 13.8. The van der Waals surface area contributed by atoms with E-state index >= 15 is 0 Å². The molecule has 0 saturated heterocycles. The van der Waals surface area contributed by atoms with Crippen LogP contribution in [0.2, 0.25) is 0 Å². The molecule has 0 spiro atoms. The summed E-state index contributed by atoms with van der Waals surface area (Å²) in [6.07, 6.45) is 4.16. The number of fused-ring (bicyclic) bond motifs is 1. The predicted octanol–water partition coefficient (Wildman–Crippen LogP) is 4.41. The summed E-state index contributed by atoms with van der Waals surface area (Å²) in [6.45, 7) is 5.53. The maximum atomic E-state index is 13.8. The molecule has 0 aliphatic heterocycles. The monoisotopic (exact) mass is 579 g/mol. The van der Waals surface area contributed by atoms with Gasteiger partial charge in [0.1, 0.15) is 17.8 Å². The number of sulfonamides is 1. The van der Waals surface area contributed by atoms with Crippen LogP contribution in [0.1, 0.15) is 69.0 Å². The molecular formula is C30H37N5O5S. The normalized spacial score (nSPS) is 15.1. The standard InChI is InChI=1S/C30H37N5O5S/c1-4-40-26-17-16-24(41(38,39)34(21(3)36)18-10-13-22-11-6-5-7-12-22)19-25(26)28-32-30(37)27-20(2)31-29(35(27)33-28)23-14-8-9-15-23/h5-7,11-12,16-17,19,21,23,36H,4,8-10,13-15,18H2,1-3H3,(H,32,33,37). The molecule has 4 aromatic rings. The summed E-state index contributed by atoms with van der Waals surface area (Å²) in [7, 11) is -4.10. The molecule has 11 heteroatoms. The van der Waals surface area contributed by atoms with Crippen molar-refractivity contribution in [3.63, 3.8) is 0 Å². The van der Waals surface area contributed by atoms with E-state index in [1.54, 1.807) is 17.5 Å². The first-order valence-electron chi connectivity index (χ1n) is 14.2. The predicted molar refractivity (Wildman–Crippen MR) is 156 cm³/mol. The fourth-order valence-electron chi connectivity index (χ4n) is 5.63. The van der Waals surface area contributed by atoms with Gasteiger partial charge in [-0.25, -0.2) is 17.9 Å². The van der Waals surface area contributed by atoms with Gasteiger partial charge in [0.05, 0.1) is 22.8 Å². The number of nitrogens with one attached hydrogen (secondary N) is 1. The van der Waals surface area contributed by atoms with Crippen LogP contribution in [0.5, 0.6) is 5.75 Å². The number of hydrogen-bond acceptors (Lipinski definition) is 7. The lowest BCUT2D eigenvalue weighted by Gasteiger charge is -2.25. The molecule has 1 saturated carbocycles. The highest BCUT2D eigenvalue weighted by Crippen LogP contribution is 2.35. The van der Waals surface area contributed by atoms with Crippen molar-refractivity contribution in [1.29, 1.82) is 0 Å². The van der Waals surface area contributed by atoms with Gasteiger partial charge >= 0.3 is 0 Å². The zero-order chi connectivity index (χ0) is 29.1. The summed E-state index contributed by atoms with van der Waals surface area (Å²) in [4.78, 5) is 20.7. The molecule has 1 unspecified atom stereocenters. The number of nitrogens with zero attached hydrogens (tertiary/aromatic N) is 4. The van der Waals surface area contributed by atoms with Crippen LogP contribution in [-0.4, -0.2) is 56.8 Å². The number of rotatable bonds is 11. The molecule has 1 atom stereocenters. The van der Waals surface area contributed by atoms with E-state index in [4.69, 9.17) is 14.8 Å². The average molecular weight is 580 g/mol. The molecule has 5 rings (SSSR count). The molecule has 1 fully saturated rings. The summed E-state index contributed by atoms with van der Waals surface area (Å²) < 4.78 is 36.1. The average Bonchev–Trinajstić information content (AvgIpc) is 3.60. The van der Waals surface area contributed by atoms with Crippen LogP contribution in [0.15, 0.2) is 58.2 Å². The van der Waals surface area contributed by atoms with E-state index in [-0.39, 0.29) is 28.7 Å². The second-order valence-electron chi connectivity index (χ2n) is 10.5. The van der Waals surface area contributed by atoms with Gasteiger partial charge in [-0.2, -0.15) is 4.31 Å². The third kappa shape index (κ3) is 5.93. The van der Waals surface area contributed by atoms with Crippen molar-refractivity contribution < 1.29 is 18.3 Å². The number of H-pyrrole nitrogens is 1. The van der Waals surface area contributed by atoms with E-state index < -0.39 is 16.3 Å². The van der Waals surface area contributed by atoms with Crippen LogP contribution in [0.3, 0.4) is 0 Å². The lowest BCUT2D eigenvalue weighted by molar-refractivity contribution is 0.0795. The van der Waals surface area contributed by atoms with Gasteiger partial charge in [-0.15, -0.1) is 5.10 Å². The maximum Gasteiger partial charge on any atom is 0.277 e. The Labute approximate surface area is 240 Å². The molecule has 0 amide bonds. The first kappa shape index (κ1) is 29.0. The van der Waals surface area contributed by atoms with E-state index in [9.17, 15) is 18.3 Å². The molecule has 2 N–H and O–H groups in total. The zero-order valence-corrected chi connectivity index (χ0v) is 24.5. The Kier molecular flexibility index (Phi) is 8.58. The summed E-state index contributed by atoms with van der Waals surface area (Å²) in [6, 6.07) is 14.3. The highest BCUT2D eigenvalue weighted by atomic mass is 32.2. The Balaban J connectivity index is 1.54. The van der Waals surface area contributed by atoms with Crippen molar-refractivity contribution >= 4 is 15.5 Å². The van der Waals surface area contributed by atoms with Crippen molar-refractivity contribution in [3.05, 3.63) is 76.0 Å². The minimum atomic E-state index is -4.10. The molecule has 2 aromatic heterocycles. The minimum Gasteiger partial charge on any atom is -0.493 e. The minimum absolute atomic E-state index is 0.0304. The van der Waals surface area contributed by atoms with Gasteiger partial charge in [-0.05, 0) is 70.2 Å². The largest absolute Gasteiger partial charge is 0.493 e. The number of aryl methyl sites for hydroxylation is 2. The highest BCUT2D eigenvalue weighted by molar-refractivity contribution is 7.89. The molecular weight excluding hydrogens is 542 g/mol. The number of aromatic nitrogens is 4. The Morgan fingerprint density at radius 3 is 2.59 bits per heavy atom. The fraction of sp³-hybridized carbons (Fsp3) is 0.433. The van der Waals surface area contributed by atoms with Crippen LogP contribution in [0.4, 0.5) is 0 Å². The summed E-state index contributed by atoms with van der Waals surface area (Å²) >= 11 is 0. The van der Waals surface area contributed by atoms with Gasteiger partial charge < -0.3 is 14.8 Å². The Bertz CT molecular complexity index is 1670. The number of hydrogen-bond donors (Lipinski definition) is 2. The SMILES string of the molecule is CCOc1ccc(S(=O)(=O)N(CCCc2ccccc2)C(C)O)cc1-c1nn2c(C3CCCC3)nc(C)c2c(=O)[nH]1. The first-order chi connectivity index (χ1) is 19.7. The van der Waals surface area contributed by atoms with Gasteiger partial charge in [-0.3, -0.25) is 4.79 Å². The molecule has 0 radical (unpaired) electrons. The molecule has 1 aliphatic rings. The van der Waals surface area contributed by atoms with Gasteiger partial charge in [0.25, 0.3) is 5.56 Å². The van der Waals surface area contributed by atoms with Crippen molar-refractivity contribution in [2.45, 2.75) is 76.3 Å². The quantitative estimate of drug-likeness (QED) is 0.252. The van der Waals surface area contributed by atoms with Crippen LogP contribution in [-0.2, 0) is 16.4 Å². The van der Waals surface area contributed by atoms with Crippen molar-refractivity contribution in [2.75, 3.05) is 13.2 Å². The van der Waals surface area contributed by atoms with E-state index in [1.807, 2.05) is 37.3 Å². The zero-order valence-electron chi connectivity index (χ0n) is 23.7. The molecule has 2 heterocycles. The molecule has 218 valence electrons. The van der Waals surface area contributed by atoms with Gasteiger partial charge in [0, 0.05) is 12.5 Å². The number of aromatic amines is 1. The second-order valence-corrected chi connectivity index (χ2v) is 12.4. The van der Waals surface area contributed by atoms with Crippen molar-refractivity contribution in [2.24, 2.45) is 0 Å². The van der Waals surface area contributed by atoms with Crippen molar-refractivity contribution in [1.82, 2.24) is 23.9 Å². The third-order valence-electron chi connectivity index (χ3n) is 7.64. The first-order valence-corrected chi connectivity index (χ1v) is 15.6. The lowest BCUT2D eigenvalue weighted by atomic mass is 10.1. The van der Waals surface area contributed by atoms with E-state index in [0.29, 0.717) is 42.0 Å². The molecule has 10 nitrogen and oxygen atoms in total. The third-order valence-corrected chi connectivity index (χ3v) is 9.59. The van der Waals surface area contributed by atoms with E-state index in [2.05, 4.69) is 4.98 Å². The summed E-state index contributed by atoms with van der Waals surface area (Å²) in [5.74, 6) is 1.54. The van der Waals surface area contributed by atoms with Crippen LogP contribution >= 0.6 is 0 Å². The summed E-state index contributed by atoms with van der Waals surface area (Å²) in [5.41, 5.74) is 2.07. The molecule has 1 aliphatic carbocycles. The van der Waals surface area contributed by atoms with Crippen LogP contribution in [0.25, 0.3) is 16.9 Å². The van der Waals surface area contributed by atoms with Crippen LogP contribution < -0.4 is 10.3 Å². The molecule has 0 bridgehead atoms. The van der Waals surface area contributed by atoms with Crippen molar-refractivity contribution in [3.8, 4) is 17.1 Å². The summed E-state index contributed by atoms with van der Waals surface area (Å²) in [5, 5.41) is 15.2. The van der Waals surface area contributed by atoms with Gasteiger partial charge in [0.2, 0.25) is 10.0 Å². The Morgan fingerprint density at radius 2 is 1.90 bits per heavy atom. The Hall–Kier alpha value is -3.54. The van der Waals surface area contributed by atoms with E-state index in [0.717, 1.165) is 41.4 Å². The number of imidazole rings is 1.